The van der Waals surface area contributed by atoms with Gasteiger partial charge in [-0.2, -0.15) is 0 Å². The molecule has 1 unspecified atom stereocenters. The van der Waals surface area contributed by atoms with E-state index in [2.05, 4.69) is 24.1 Å². The van der Waals surface area contributed by atoms with Gasteiger partial charge in [0.05, 0.1) is 11.5 Å². The standard InChI is InChI=1S/C12H26N2O2S/c1-11(2)4-5-13-6-7-14-8-9-17(15,16)10-12(14)3/h11-13H,4-10H2,1-3H3. The topological polar surface area (TPSA) is 49.4 Å². The van der Waals surface area contributed by atoms with Crippen molar-refractivity contribution in [3.05, 3.63) is 0 Å². The first-order valence-corrected chi connectivity index (χ1v) is 8.38. The lowest BCUT2D eigenvalue weighted by Crippen LogP contribution is -2.49. The van der Waals surface area contributed by atoms with E-state index in [0.29, 0.717) is 18.1 Å². The van der Waals surface area contributed by atoms with Gasteiger partial charge in [0, 0.05) is 25.7 Å². The van der Waals surface area contributed by atoms with Crippen molar-refractivity contribution >= 4 is 9.84 Å². The average molecular weight is 262 g/mol. The van der Waals surface area contributed by atoms with Gasteiger partial charge in [-0.1, -0.05) is 13.8 Å². The molecule has 1 atom stereocenters. The number of hydrogen-bond donors (Lipinski definition) is 1. The normalized spacial score (nSPS) is 25.3. The molecule has 1 aliphatic rings. The number of rotatable bonds is 6. The molecule has 0 aromatic heterocycles. The van der Waals surface area contributed by atoms with Crippen LogP contribution in [0.3, 0.4) is 0 Å². The Morgan fingerprint density at radius 3 is 2.65 bits per heavy atom. The van der Waals surface area contributed by atoms with Crippen LogP contribution in [0.25, 0.3) is 0 Å². The van der Waals surface area contributed by atoms with Gasteiger partial charge in [0.1, 0.15) is 0 Å². The van der Waals surface area contributed by atoms with Gasteiger partial charge >= 0.3 is 0 Å². The van der Waals surface area contributed by atoms with Crippen LogP contribution in [-0.2, 0) is 9.84 Å². The van der Waals surface area contributed by atoms with E-state index in [0.717, 1.165) is 25.6 Å². The molecule has 0 bridgehead atoms. The minimum atomic E-state index is -2.77. The smallest absolute Gasteiger partial charge is 0.153 e. The van der Waals surface area contributed by atoms with Crippen LogP contribution in [0.15, 0.2) is 0 Å². The van der Waals surface area contributed by atoms with Crippen molar-refractivity contribution in [2.75, 3.05) is 37.7 Å². The van der Waals surface area contributed by atoms with Crippen molar-refractivity contribution in [1.82, 2.24) is 10.2 Å². The molecule has 4 nitrogen and oxygen atoms in total. The second kappa shape index (κ2) is 6.71. The summed E-state index contributed by atoms with van der Waals surface area (Å²) in [4.78, 5) is 2.27. The lowest BCUT2D eigenvalue weighted by Gasteiger charge is -2.33. The zero-order valence-corrected chi connectivity index (χ0v) is 12.1. The zero-order chi connectivity index (χ0) is 12.9. The van der Waals surface area contributed by atoms with Crippen molar-refractivity contribution in [1.29, 1.82) is 0 Å². The fraction of sp³-hybridized carbons (Fsp3) is 1.00. The van der Waals surface area contributed by atoms with Crippen LogP contribution in [0.4, 0.5) is 0 Å². The van der Waals surface area contributed by atoms with E-state index in [9.17, 15) is 8.42 Å². The minimum absolute atomic E-state index is 0.167. The van der Waals surface area contributed by atoms with Crippen molar-refractivity contribution in [3.8, 4) is 0 Å². The Morgan fingerprint density at radius 1 is 1.35 bits per heavy atom. The van der Waals surface area contributed by atoms with Crippen LogP contribution in [0.2, 0.25) is 0 Å². The Bertz CT molecular complexity index is 314. The van der Waals surface area contributed by atoms with Crippen molar-refractivity contribution in [2.24, 2.45) is 5.92 Å². The van der Waals surface area contributed by atoms with Crippen molar-refractivity contribution in [2.45, 2.75) is 33.2 Å². The van der Waals surface area contributed by atoms with Gasteiger partial charge in [-0.15, -0.1) is 0 Å². The molecule has 5 heteroatoms. The van der Waals surface area contributed by atoms with Crippen LogP contribution < -0.4 is 5.32 Å². The van der Waals surface area contributed by atoms with E-state index in [1.165, 1.54) is 6.42 Å². The van der Waals surface area contributed by atoms with Crippen LogP contribution in [0.5, 0.6) is 0 Å². The van der Waals surface area contributed by atoms with Gasteiger partial charge in [-0.3, -0.25) is 4.90 Å². The molecule has 102 valence electrons. The third-order valence-corrected chi connectivity index (χ3v) is 5.08. The minimum Gasteiger partial charge on any atom is -0.315 e. The maximum atomic E-state index is 11.4. The second-order valence-corrected chi connectivity index (χ2v) is 7.66. The molecular weight excluding hydrogens is 236 g/mol. The first kappa shape index (κ1) is 14.9. The van der Waals surface area contributed by atoms with E-state index in [1.807, 2.05) is 6.92 Å². The molecule has 0 aromatic carbocycles. The van der Waals surface area contributed by atoms with E-state index < -0.39 is 9.84 Å². The molecule has 1 aliphatic heterocycles. The molecular formula is C12H26N2O2S. The summed E-state index contributed by atoms with van der Waals surface area (Å²) in [5, 5.41) is 3.41. The lowest BCUT2D eigenvalue weighted by atomic mass is 10.1. The SMILES string of the molecule is CC(C)CCNCCN1CCS(=O)(=O)CC1C. The summed E-state index contributed by atoms with van der Waals surface area (Å²) in [7, 11) is -2.77. The molecule has 1 fully saturated rings. The summed E-state index contributed by atoms with van der Waals surface area (Å²) in [5.74, 6) is 1.38. The molecule has 17 heavy (non-hydrogen) atoms. The summed E-state index contributed by atoms with van der Waals surface area (Å²) in [6.07, 6.45) is 1.20. The van der Waals surface area contributed by atoms with Crippen molar-refractivity contribution < 1.29 is 8.42 Å². The number of sulfone groups is 1. The summed E-state index contributed by atoms with van der Waals surface area (Å²) in [5.41, 5.74) is 0. The molecule has 0 aromatic rings. The third kappa shape index (κ3) is 5.84. The molecule has 0 amide bonds. The predicted molar refractivity (Wildman–Crippen MR) is 72.0 cm³/mol. The highest BCUT2D eigenvalue weighted by Crippen LogP contribution is 2.10. The van der Waals surface area contributed by atoms with Gasteiger partial charge in [0.25, 0.3) is 0 Å². The average Bonchev–Trinajstić information content (AvgIpc) is 2.19. The molecule has 1 rings (SSSR count). The van der Waals surface area contributed by atoms with Crippen LogP contribution >= 0.6 is 0 Å². The zero-order valence-electron chi connectivity index (χ0n) is 11.3. The Balaban J connectivity index is 2.16. The quantitative estimate of drug-likeness (QED) is 0.717. The van der Waals surface area contributed by atoms with Gasteiger partial charge in [0.15, 0.2) is 9.84 Å². The largest absolute Gasteiger partial charge is 0.315 e. The van der Waals surface area contributed by atoms with E-state index in [4.69, 9.17) is 0 Å². The highest BCUT2D eigenvalue weighted by atomic mass is 32.2. The van der Waals surface area contributed by atoms with Gasteiger partial charge in [-0.05, 0) is 25.8 Å². The summed E-state index contributed by atoms with van der Waals surface area (Å²) >= 11 is 0. The highest BCUT2D eigenvalue weighted by molar-refractivity contribution is 7.91. The molecule has 0 spiro atoms. The molecule has 1 saturated heterocycles. The highest BCUT2D eigenvalue weighted by Gasteiger charge is 2.27. The predicted octanol–water partition coefficient (Wildman–Crippen LogP) is 0.741. The lowest BCUT2D eigenvalue weighted by molar-refractivity contribution is 0.226. The van der Waals surface area contributed by atoms with Gasteiger partial charge in [-0.25, -0.2) is 8.42 Å². The third-order valence-electron chi connectivity index (χ3n) is 3.28. The molecule has 1 N–H and O–H groups in total. The number of nitrogens with zero attached hydrogens (tertiary/aromatic N) is 1. The van der Waals surface area contributed by atoms with E-state index in [1.54, 1.807) is 0 Å². The Hall–Kier alpha value is -0.130. The van der Waals surface area contributed by atoms with Crippen LogP contribution in [0.1, 0.15) is 27.2 Å². The first-order chi connectivity index (χ1) is 7.91. The fourth-order valence-corrected chi connectivity index (χ4v) is 3.73. The Kier molecular flexibility index (Phi) is 5.89. The summed E-state index contributed by atoms with van der Waals surface area (Å²) in [6.45, 7) is 10.1. The number of hydrogen-bond acceptors (Lipinski definition) is 4. The van der Waals surface area contributed by atoms with E-state index >= 15 is 0 Å². The molecule has 0 aliphatic carbocycles. The maximum Gasteiger partial charge on any atom is 0.153 e. The summed E-state index contributed by atoms with van der Waals surface area (Å²) in [6, 6.07) is 0.167. The van der Waals surface area contributed by atoms with Gasteiger partial charge < -0.3 is 5.32 Å². The fourth-order valence-electron chi connectivity index (χ4n) is 2.10. The Morgan fingerprint density at radius 2 is 2.06 bits per heavy atom. The van der Waals surface area contributed by atoms with Crippen LogP contribution in [-0.4, -0.2) is 57.0 Å². The number of nitrogens with one attached hydrogen (secondary N) is 1. The molecule has 0 radical (unpaired) electrons. The Labute approximate surface area is 106 Å². The first-order valence-electron chi connectivity index (χ1n) is 6.56. The summed E-state index contributed by atoms with van der Waals surface area (Å²) < 4.78 is 22.8. The maximum absolute atomic E-state index is 11.4. The van der Waals surface area contributed by atoms with Crippen molar-refractivity contribution in [3.63, 3.8) is 0 Å². The molecule has 1 heterocycles. The second-order valence-electron chi connectivity index (χ2n) is 5.43. The van der Waals surface area contributed by atoms with E-state index in [-0.39, 0.29) is 6.04 Å². The molecule has 0 saturated carbocycles. The van der Waals surface area contributed by atoms with Crippen LogP contribution in [0, 0.1) is 5.92 Å². The monoisotopic (exact) mass is 262 g/mol. The van der Waals surface area contributed by atoms with Gasteiger partial charge in [0.2, 0.25) is 0 Å².